The van der Waals surface area contributed by atoms with Crippen LogP contribution in [0.3, 0.4) is 0 Å². The Bertz CT molecular complexity index is 746. The normalized spacial score (nSPS) is 17.9. The average Bonchev–Trinajstić information content (AvgIpc) is 3.21. The topological polar surface area (TPSA) is 53.3 Å². The third-order valence-corrected chi connectivity index (χ3v) is 4.73. The second kappa shape index (κ2) is 7.53. The van der Waals surface area contributed by atoms with Gasteiger partial charge in [-0.2, -0.15) is 10.1 Å². The number of aryl methyl sites for hydroxylation is 1. The van der Waals surface area contributed by atoms with E-state index in [1.165, 1.54) is 4.68 Å². The Labute approximate surface area is 152 Å². The van der Waals surface area contributed by atoms with E-state index in [1.54, 1.807) is 19.4 Å². The first kappa shape index (κ1) is 18.5. The molecule has 2 aromatic heterocycles. The molecule has 1 fully saturated rings. The van der Waals surface area contributed by atoms with Crippen LogP contribution in [0.2, 0.25) is 0 Å². The summed E-state index contributed by atoms with van der Waals surface area (Å²) in [4.78, 5) is 15.1. The highest BCUT2D eigenvalue weighted by atomic mass is 19.3. The van der Waals surface area contributed by atoms with E-state index in [4.69, 9.17) is 0 Å². The number of likely N-dealkylation sites (tertiary alicyclic amines) is 1. The molecule has 1 atom stereocenters. The second-order valence-electron chi connectivity index (χ2n) is 6.91. The Morgan fingerprint density at radius 3 is 2.77 bits per heavy atom. The van der Waals surface area contributed by atoms with E-state index in [1.807, 2.05) is 32.1 Å². The van der Waals surface area contributed by atoms with Crippen LogP contribution in [0.15, 0.2) is 18.5 Å². The molecule has 26 heavy (non-hydrogen) atoms. The number of likely N-dealkylation sites (N-methyl/N-ethyl adjacent to an activating group) is 1. The lowest BCUT2D eigenvalue weighted by Crippen LogP contribution is -2.35. The zero-order valence-corrected chi connectivity index (χ0v) is 15.6. The summed E-state index contributed by atoms with van der Waals surface area (Å²) in [5, 5.41) is 3.89. The Hall–Kier alpha value is -2.29. The van der Waals surface area contributed by atoms with Crippen LogP contribution in [0.1, 0.15) is 24.1 Å². The molecule has 7 nitrogen and oxygen atoms in total. The standard InChI is InChI=1S/C17H25F2N7/c1-23(2)14-5-7-20-17(21-14)25(4)13-6-8-26(11-13)10-12-9-24(3)22-15(12)16(18)19/h5,7,9,13,16H,6,8,10-11H2,1-4H3. The van der Waals surface area contributed by atoms with Gasteiger partial charge in [0, 0.05) is 71.8 Å². The van der Waals surface area contributed by atoms with E-state index in [-0.39, 0.29) is 11.7 Å². The van der Waals surface area contributed by atoms with Crippen molar-refractivity contribution in [3.63, 3.8) is 0 Å². The molecule has 0 aliphatic carbocycles. The maximum absolute atomic E-state index is 13.1. The minimum atomic E-state index is -2.55. The number of hydrogen-bond acceptors (Lipinski definition) is 6. The Morgan fingerprint density at radius 1 is 1.31 bits per heavy atom. The number of nitrogens with zero attached hydrogens (tertiary/aromatic N) is 7. The van der Waals surface area contributed by atoms with Crippen molar-refractivity contribution in [2.75, 3.05) is 44.0 Å². The van der Waals surface area contributed by atoms with Crippen molar-refractivity contribution in [2.45, 2.75) is 25.4 Å². The number of alkyl halides is 2. The van der Waals surface area contributed by atoms with E-state index in [9.17, 15) is 8.78 Å². The van der Waals surface area contributed by atoms with E-state index in [2.05, 4.69) is 24.9 Å². The zero-order chi connectivity index (χ0) is 18.8. The van der Waals surface area contributed by atoms with Crippen LogP contribution in [0.4, 0.5) is 20.5 Å². The quantitative estimate of drug-likeness (QED) is 0.780. The second-order valence-corrected chi connectivity index (χ2v) is 6.91. The van der Waals surface area contributed by atoms with Gasteiger partial charge in [0.1, 0.15) is 11.5 Å². The van der Waals surface area contributed by atoms with E-state index in [0.717, 1.165) is 25.3 Å². The minimum absolute atomic E-state index is 0.119. The molecule has 3 heterocycles. The number of halogens is 2. The fourth-order valence-corrected chi connectivity index (χ4v) is 3.29. The number of aromatic nitrogens is 4. The summed E-state index contributed by atoms with van der Waals surface area (Å²) in [6.45, 7) is 2.11. The molecular formula is C17H25F2N7. The zero-order valence-electron chi connectivity index (χ0n) is 15.6. The molecule has 3 rings (SSSR count). The molecule has 0 bridgehead atoms. The van der Waals surface area contributed by atoms with Gasteiger partial charge in [0.05, 0.1) is 0 Å². The summed E-state index contributed by atoms with van der Waals surface area (Å²) in [6.07, 6.45) is 1.83. The van der Waals surface area contributed by atoms with Crippen molar-refractivity contribution < 1.29 is 8.78 Å². The third-order valence-electron chi connectivity index (χ3n) is 4.73. The summed E-state index contributed by atoms with van der Waals surface area (Å²) in [6, 6.07) is 2.12. The third kappa shape index (κ3) is 3.92. The molecule has 0 amide bonds. The van der Waals surface area contributed by atoms with Gasteiger partial charge in [0.25, 0.3) is 6.43 Å². The molecule has 9 heteroatoms. The van der Waals surface area contributed by atoms with Gasteiger partial charge in [-0.1, -0.05) is 0 Å². The SMILES string of the molecule is CN(C)c1ccnc(N(C)C2CCN(Cc3cn(C)nc3C(F)F)C2)n1. The van der Waals surface area contributed by atoms with Crippen molar-refractivity contribution >= 4 is 11.8 Å². The summed E-state index contributed by atoms with van der Waals surface area (Å²) >= 11 is 0. The van der Waals surface area contributed by atoms with Gasteiger partial charge in [0.15, 0.2) is 0 Å². The summed E-state index contributed by atoms with van der Waals surface area (Å²) < 4.78 is 27.7. The lowest BCUT2D eigenvalue weighted by Gasteiger charge is -2.25. The average molecular weight is 365 g/mol. The van der Waals surface area contributed by atoms with Crippen LogP contribution >= 0.6 is 0 Å². The Morgan fingerprint density at radius 2 is 2.08 bits per heavy atom. The van der Waals surface area contributed by atoms with Gasteiger partial charge in [-0.25, -0.2) is 13.8 Å². The molecule has 1 aliphatic rings. The molecule has 142 valence electrons. The highest BCUT2D eigenvalue weighted by molar-refractivity contribution is 5.42. The first-order valence-corrected chi connectivity index (χ1v) is 8.61. The molecule has 0 aromatic carbocycles. The first-order valence-electron chi connectivity index (χ1n) is 8.61. The molecule has 0 saturated carbocycles. The van der Waals surface area contributed by atoms with Gasteiger partial charge < -0.3 is 9.80 Å². The van der Waals surface area contributed by atoms with Crippen molar-refractivity contribution in [1.29, 1.82) is 0 Å². The summed E-state index contributed by atoms with van der Waals surface area (Å²) in [7, 11) is 7.54. The highest BCUT2D eigenvalue weighted by Gasteiger charge is 2.29. The van der Waals surface area contributed by atoms with Crippen molar-refractivity contribution in [2.24, 2.45) is 7.05 Å². The highest BCUT2D eigenvalue weighted by Crippen LogP contribution is 2.25. The van der Waals surface area contributed by atoms with Crippen molar-refractivity contribution in [3.8, 4) is 0 Å². The number of rotatable bonds is 6. The van der Waals surface area contributed by atoms with Crippen LogP contribution in [0, 0.1) is 0 Å². The van der Waals surface area contributed by atoms with Crippen molar-refractivity contribution in [3.05, 3.63) is 29.7 Å². The molecule has 0 spiro atoms. The smallest absolute Gasteiger partial charge is 0.282 e. The maximum Gasteiger partial charge on any atom is 0.282 e. The predicted molar refractivity (Wildman–Crippen MR) is 96.6 cm³/mol. The predicted octanol–water partition coefficient (Wildman–Crippen LogP) is 1.92. The van der Waals surface area contributed by atoms with Crippen LogP contribution < -0.4 is 9.80 Å². The lowest BCUT2D eigenvalue weighted by atomic mass is 10.2. The Balaban J connectivity index is 1.66. The minimum Gasteiger partial charge on any atom is -0.363 e. The molecule has 1 aliphatic heterocycles. The largest absolute Gasteiger partial charge is 0.363 e. The van der Waals surface area contributed by atoms with E-state index < -0.39 is 6.43 Å². The van der Waals surface area contributed by atoms with Gasteiger partial charge in [-0.3, -0.25) is 9.58 Å². The Kier molecular flexibility index (Phi) is 5.36. The summed E-state index contributed by atoms with van der Waals surface area (Å²) in [5.41, 5.74) is 0.475. The van der Waals surface area contributed by atoms with E-state index in [0.29, 0.717) is 18.1 Å². The van der Waals surface area contributed by atoms with Crippen LogP contribution in [0.5, 0.6) is 0 Å². The van der Waals surface area contributed by atoms with Gasteiger partial charge in [0.2, 0.25) is 5.95 Å². The maximum atomic E-state index is 13.1. The van der Waals surface area contributed by atoms with Gasteiger partial charge in [-0.05, 0) is 12.5 Å². The van der Waals surface area contributed by atoms with Crippen LogP contribution in [-0.4, -0.2) is 64.9 Å². The first-order chi connectivity index (χ1) is 12.3. The molecule has 0 N–H and O–H groups in total. The molecule has 1 saturated heterocycles. The van der Waals surface area contributed by atoms with Gasteiger partial charge in [-0.15, -0.1) is 0 Å². The van der Waals surface area contributed by atoms with E-state index >= 15 is 0 Å². The number of hydrogen-bond donors (Lipinski definition) is 0. The van der Waals surface area contributed by atoms with Crippen molar-refractivity contribution in [1.82, 2.24) is 24.6 Å². The van der Waals surface area contributed by atoms with Crippen LogP contribution in [0.25, 0.3) is 0 Å². The fraction of sp³-hybridized carbons (Fsp3) is 0.588. The lowest BCUT2D eigenvalue weighted by molar-refractivity contribution is 0.142. The molecular weight excluding hydrogens is 340 g/mol. The fourth-order valence-electron chi connectivity index (χ4n) is 3.29. The molecule has 0 radical (unpaired) electrons. The summed E-state index contributed by atoms with van der Waals surface area (Å²) in [5.74, 6) is 1.53. The monoisotopic (exact) mass is 365 g/mol. The number of anilines is 2. The molecule has 1 unspecified atom stereocenters. The molecule has 2 aromatic rings. The van der Waals surface area contributed by atoms with Crippen LogP contribution in [-0.2, 0) is 13.6 Å². The van der Waals surface area contributed by atoms with Gasteiger partial charge >= 0.3 is 0 Å².